The molecule has 0 saturated carbocycles. The van der Waals surface area contributed by atoms with E-state index in [1.54, 1.807) is 30.2 Å². The summed E-state index contributed by atoms with van der Waals surface area (Å²) < 4.78 is 0. The molecule has 0 spiro atoms. The number of anilines is 1. The van der Waals surface area contributed by atoms with Gasteiger partial charge in [0.25, 0.3) is 5.91 Å². The second-order valence-corrected chi connectivity index (χ2v) is 8.42. The Balaban J connectivity index is 0.00000385. The Morgan fingerprint density at radius 1 is 1.12 bits per heavy atom. The number of hydrogen-bond acceptors (Lipinski definition) is 5. The summed E-state index contributed by atoms with van der Waals surface area (Å²) in [6.45, 7) is 2.59. The van der Waals surface area contributed by atoms with Gasteiger partial charge in [-0.15, -0.1) is 0 Å². The van der Waals surface area contributed by atoms with E-state index in [-0.39, 0.29) is 35.5 Å². The van der Waals surface area contributed by atoms with Gasteiger partial charge < -0.3 is 15.7 Å². The first-order valence-electron chi connectivity index (χ1n) is 10.3. The average Bonchev–Trinajstić information content (AvgIpc) is 2.81. The van der Waals surface area contributed by atoms with Crippen LogP contribution in [-0.2, 0) is 11.3 Å². The number of benzene rings is 2. The normalized spacial score (nSPS) is 11.2. The van der Waals surface area contributed by atoms with Crippen LogP contribution in [0.25, 0.3) is 11.1 Å². The molecular formula is C25H28N3NaO3S. The predicted octanol–water partition coefficient (Wildman–Crippen LogP) is 3.96. The molecule has 0 bridgehead atoms. The van der Waals surface area contributed by atoms with Gasteiger partial charge in [0.1, 0.15) is 6.04 Å². The molecule has 0 aliphatic carbocycles. The van der Waals surface area contributed by atoms with Gasteiger partial charge in [0.15, 0.2) is 0 Å². The summed E-state index contributed by atoms with van der Waals surface area (Å²) in [6, 6.07) is 16.3. The number of nitrogens with zero attached hydrogens (tertiary/aromatic N) is 1. The zero-order chi connectivity index (χ0) is 22.9. The summed E-state index contributed by atoms with van der Waals surface area (Å²) in [5, 5.41) is 15.6. The maximum atomic E-state index is 13.0. The molecule has 0 aliphatic rings. The fourth-order valence-electron chi connectivity index (χ4n) is 3.33. The fourth-order valence-corrected chi connectivity index (χ4v) is 3.80. The Labute approximate surface area is 220 Å². The number of aliphatic carboxylic acids is 1. The summed E-state index contributed by atoms with van der Waals surface area (Å²) in [5.74, 6) is -0.762. The van der Waals surface area contributed by atoms with Gasteiger partial charge in [-0.25, -0.2) is 4.79 Å². The van der Waals surface area contributed by atoms with Gasteiger partial charge in [0, 0.05) is 18.3 Å². The van der Waals surface area contributed by atoms with Crippen LogP contribution in [0.4, 0.5) is 5.69 Å². The second-order valence-electron chi connectivity index (χ2n) is 7.44. The molecule has 1 amide bonds. The minimum atomic E-state index is -1.03. The van der Waals surface area contributed by atoms with E-state index < -0.39 is 12.0 Å². The van der Waals surface area contributed by atoms with Crippen LogP contribution in [0.5, 0.6) is 0 Å². The molecule has 6 nitrogen and oxygen atoms in total. The van der Waals surface area contributed by atoms with Gasteiger partial charge >= 0.3 is 35.5 Å². The van der Waals surface area contributed by atoms with E-state index in [0.29, 0.717) is 24.3 Å². The van der Waals surface area contributed by atoms with Crippen LogP contribution in [0.3, 0.4) is 0 Å². The third-order valence-corrected chi connectivity index (χ3v) is 5.79. The number of nitrogens with one attached hydrogen (secondary N) is 2. The minimum absolute atomic E-state index is 0. The van der Waals surface area contributed by atoms with E-state index >= 15 is 0 Å². The number of rotatable bonds is 10. The summed E-state index contributed by atoms with van der Waals surface area (Å²) >= 11 is 1.55. The van der Waals surface area contributed by atoms with Crippen LogP contribution < -0.4 is 10.6 Å². The molecule has 1 unspecified atom stereocenters. The van der Waals surface area contributed by atoms with E-state index in [2.05, 4.69) is 15.6 Å². The van der Waals surface area contributed by atoms with Crippen molar-refractivity contribution in [2.45, 2.75) is 25.9 Å². The molecule has 8 heteroatoms. The topological polar surface area (TPSA) is 91.3 Å². The number of carboxylic acid groups (broad SMARTS) is 1. The van der Waals surface area contributed by atoms with Crippen molar-refractivity contribution >= 4 is 58.9 Å². The average molecular weight is 474 g/mol. The summed E-state index contributed by atoms with van der Waals surface area (Å²) in [5.41, 5.74) is 5.17. The quantitative estimate of drug-likeness (QED) is 0.386. The van der Waals surface area contributed by atoms with Gasteiger partial charge in [-0.1, -0.05) is 36.4 Å². The standard InChI is InChI=1S/C25H27N3O3S.Na.H/c1-17-10-12-26-16-23(17)27-15-18-8-9-20(21(14-18)19-6-4-3-5-7-19)24(29)28-22(25(30)31)11-13-32-2;;/h3-10,12,14,16,22,27H,11,13,15H2,1-2H3,(H,28,29)(H,30,31);;. The van der Waals surface area contributed by atoms with Crippen molar-refractivity contribution in [3.05, 3.63) is 83.7 Å². The number of carbonyl (C=O) groups excluding carboxylic acids is 1. The molecule has 33 heavy (non-hydrogen) atoms. The number of aromatic nitrogens is 1. The van der Waals surface area contributed by atoms with Crippen LogP contribution in [0, 0.1) is 6.92 Å². The molecule has 168 valence electrons. The molecule has 0 radical (unpaired) electrons. The SMILES string of the molecule is CSCCC(NC(=O)c1ccc(CNc2cnccc2C)cc1-c1ccccc1)C(=O)O.[NaH]. The van der Waals surface area contributed by atoms with E-state index in [4.69, 9.17) is 0 Å². The molecule has 1 aromatic heterocycles. The number of carboxylic acids is 1. The van der Waals surface area contributed by atoms with Crippen molar-refractivity contribution in [3.8, 4) is 11.1 Å². The molecule has 1 heterocycles. The van der Waals surface area contributed by atoms with Crippen molar-refractivity contribution in [1.82, 2.24) is 10.3 Å². The first kappa shape index (κ1) is 26.9. The van der Waals surface area contributed by atoms with Gasteiger partial charge in [0.2, 0.25) is 0 Å². The Morgan fingerprint density at radius 2 is 1.88 bits per heavy atom. The van der Waals surface area contributed by atoms with Gasteiger partial charge in [-0.2, -0.15) is 11.8 Å². The van der Waals surface area contributed by atoms with Crippen molar-refractivity contribution in [1.29, 1.82) is 0 Å². The molecule has 1 atom stereocenters. The number of carbonyl (C=O) groups is 2. The summed E-state index contributed by atoms with van der Waals surface area (Å²) in [7, 11) is 0. The summed E-state index contributed by atoms with van der Waals surface area (Å²) in [6.07, 6.45) is 5.82. The van der Waals surface area contributed by atoms with Crippen molar-refractivity contribution < 1.29 is 14.7 Å². The van der Waals surface area contributed by atoms with Crippen molar-refractivity contribution in [3.63, 3.8) is 0 Å². The Bertz CT molecular complexity index is 1080. The van der Waals surface area contributed by atoms with Crippen LogP contribution in [-0.4, -0.2) is 69.6 Å². The zero-order valence-corrected chi connectivity index (χ0v) is 19.0. The predicted molar refractivity (Wildman–Crippen MR) is 137 cm³/mol. The second kappa shape index (κ2) is 13.4. The van der Waals surface area contributed by atoms with Crippen LogP contribution in [0.2, 0.25) is 0 Å². The summed E-state index contributed by atoms with van der Waals surface area (Å²) in [4.78, 5) is 28.8. The molecule has 3 N–H and O–H groups in total. The molecule has 2 aromatic carbocycles. The van der Waals surface area contributed by atoms with E-state index in [1.807, 2.05) is 61.7 Å². The third kappa shape index (κ3) is 7.61. The molecule has 0 saturated heterocycles. The molecule has 3 rings (SSSR count). The van der Waals surface area contributed by atoms with Crippen LogP contribution in [0.15, 0.2) is 67.0 Å². The molecule has 3 aromatic rings. The third-order valence-electron chi connectivity index (χ3n) is 5.15. The van der Waals surface area contributed by atoms with E-state index in [0.717, 1.165) is 27.9 Å². The van der Waals surface area contributed by atoms with Crippen molar-refractivity contribution in [2.24, 2.45) is 0 Å². The number of pyridine rings is 1. The van der Waals surface area contributed by atoms with E-state index in [9.17, 15) is 14.7 Å². The molecular weight excluding hydrogens is 445 g/mol. The Kier molecular flexibility index (Phi) is 10.9. The number of aryl methyl sites for hydroxylation is 1. The van der Waals surface area contributed by atoms with E-state index in [1.165, 1.54) is 0 Å². The van der Waals surface area contributed by atoms with Crippen LogP contribution in [0.1, 0.15) is 27.9 Å². The van der Waals surface area contributed by atoms with Gasteiger partial charge in [-0.3, -0.25) is 9.78 Å². The number of thioether (sulfide) groups is 1. The Morgan fingerprint density at radius 3 is 2.55 bits per heavy atom. The fraction of sp³-hybridized carbons (Fsp3) is 0.240. The molecule has 0 aliphatic heterocycles. The van der Waals surface area contributed by atoms with Crippen LogP contribution >= 0.6 is 11.8 Å². The number of hydrogen-bond donors (Lipinski definition) is 3. The monoisotopic (exact) mass is 473 g/mol. The molecule has 0 fully saturated rings. The number of amides is 1. The van der Waals surface area contributed by atoms with Gasteiger partial charge in [0.05, 0.1) is 11.9 Å². The van der Waals surface area contributed by atoms with Crippen molar-refractivity contribution in [2.75, 3.05) is 17.3 Å². The Hall–Kier alpha value is -2.32. The first-order valence-corrected chi connectivity index (χ1v) is 11.7. The van der Waals surface area contributed by atoms with Gasteiger partial charge in [-0.05, 0) is 65.8 Å². The first-order chi connectivity index (χ1) is 15.5. The maximum absolute atomic E-state index is 13.0. The zero-order valence-electron chi connectivity index (χ0n) is 18.2.